The molecular formula is C21H36. The van der Waals surface area contributed by atoms with E-state index in [1.54, 1.807) is 0 Å². The van der Waals surface area contributed by atoms with Crippen molar-refractivity contribution in [3.05, 3.63) is 12.7 Å². The van der Waals surface area contributed by atoms with Crippen LogP contribution in [0.15, 0.2) is 12.7 Å². The summed E-state index contributed by atoms with van der Waals surface area (Å²) in [5.74, 6) is 5.75. The van der Waals surface area contributed by atoms with Gasteiger partial charge in [-0.3, -0.25) is 0 Å². The molecule has 120 valence electrons. The fraction of sp³-hybridized carbons (Fsp3) is 0.905. The molecule has 0 heterocycles. The zero-order valence-electron chi connectivity index (χ0n) is 14.6. The number of fused-ring (bicyclic) bond motifs is 3. The van der Waals surface area contributed by atoms with Crippen LogP contribution in [0.5, 0.6) is 0 Å². The lowest BCUT2D eigenvalue weighted by atomic mass is 9.45. The maximum Gasteiger partial charge on any atom is -0.00590 e. The Kier molecular flexibility index (Phi) is 4.53. The highest BCUT2D eigenvalue weighted by Crippen LogP contribution is 2.62. The molecule has 3 fully saturated rings. The average molecular weight is 289 g/mol. The highest BCUT2D eigenvalue weighted by atomic mass is 14.6. The van der Waals surface area contributed by atoms with E-state index >= 15 is 0 Å². The van der Waals surface area contributed by atoms with E-state index in [1.807, 2.05) is 0 Å². The highest BCUT2D eigenvalue weighted by Gasteiger charge is 2.54. The minimum Gasteiger partial charge on any atom is -0.103 e. The van der Waals surface area contributed by atoms with Crippen molar-refractivity contribution in [1.82, 2.24) is 0 Å². The SMILES string of the molecule is C=CC12CCCC(C(C)C)C1CCC1CCC(CC)CC12. The van der Waals surface area contributed by atoms with Crippen molar-refractivity contribution in [3.8, 4) is 0 Å². The summed E-state index contributed by atoms with van der Waals surface area (Å²) in [5, 5.41) is 0. The molecule has 0 aromatic heterocycles. The van der Waals surface area contributed by atoms with Crippen molar-refractivity contribution in [2.75, 3.05) is 0 Å². The van der Waals surface area contributed by atoms with Crippen molar-refractivity contribution >= 4 is 0 Å². The molecule has 6 atom stereocenters. The minimum absolute atomic E-state index is 0.504. The van der Waals surface area contributed by atoms with Gasteiger partial charge in [-0.1, -0.05) is 46.1 Å². The second-order valence-electron chi connectivity index (χ2n) is 8.75. The summed E-state index contributed by atoms with van der Waals surface area (Å²) in [4.78, 5) is 0. The monoisotopic (exact) mass is 288 g/mol. The van der Waals surface area contributed by atoms with Gasteiger partial charge in [0, 0.05) is 0 Å². The third-order valence-electron chi connectivity index (χ3n) is 7.81. The highest BCUT2D eigenvalue weighted by molar-refractivity contribution is 5.12. The van der Waals surface area contributed by atoms with Crippen molar-refractivity contribution in [2.45, 2.75) is 78.6 Å². The van der Waals surface area contributed by atoms with Gasteiger partial charge in [0.05, 0.1) is 0 Å². The van der Waals surface area contributed by atoms with E-state index in [1.165, 1.54) is 57.8 Å². The Balaban J connectivity index is 1.91. The quantitative estimate of drug-likeness (QED) is 0.522. The zero-order chi connectivity index (χ0) is 15.0. The second-order valence-corrected chi connectivity index (χ2v) is 8.75. The molecule has 0 heteroatoms. The van der Waals surface area contributed by atoms with Gasteiger partial charge in [0.1, 0.15) is 0 Å². The Morgan fingerprint density at radius 2 is 1.86 bits per heavy atom. The van der Waals surface area contributed by atoms with Gasteiger partial charge in [0.2, 0.25) is 0 Å². The standard InChI is InChI=1S/C21H36/c1-5-16-9-10-17-11-12-19-18(15(3)4)8-7-13-21(19,6-2)20(17)14-16/h6,15-20H,2,5,7-14H2,1,3-4H3. The van der Waals surface area contributed by atoms with Gasteiger partial charge in [0.15, 0.2) is 0 Å². The first kappa shape index (κ1) is 15.6. The second kappa shape index (κ2) is 6.09. The molecule has 0 aromatic carbocycles. The van der Waals surface area contributed by atoms with Crippen molar-refractivity contribution in [2.24, 2.45) is 40.9 Å². The largest absolute Gasteiger partial charge is 0.103 e. The van der Waals surface area contributed by atoms with Gasteiger partial charge in [-0.15, -0.1) is 6.58 Å². The number of hydrogen-bond acceptors (Lipinski definition) is 0. The van der Waals surface area contributed by atoms with E-state index in [2.05, 4.69) is 33.4 Å². The molecule has 0 radical (unpaired) electrons. The third-order valence-corrected chi connectivity index (χ3v) is 7.81. The van der Waals surface area contributed by atoms with Gasteiger partial charge >= 0.3 is 0 Å². The lowest BCUT2D eigenvalue weighted by Crippen LogP contribution is -2.51. The Hall–Kier alpha value is -0.260. The van der Waals surface area contributed by atoms with Gasteiger partial charge < -0.3 is 0 Å². The van der Waals surface area contributed by atoms with Crippen LogP contribution in [0.25, 0.3) is 0 Å². The maximum absolute atomic E-state index is 4.40. The molecular weight excluding hydrogens is 252 g/mol. The minimum atomic E-state index is 0.504. The first-order chi connectivity index (χ1) is 10.1. The van der Waals surface area contributed by atoms with Crippen LogP contribution in [0.2, 0.25) is 0 Å². The van der Waals surface area contributed by atoms with Gasteiger partial charge in [-0.25, -0.2) is 0 Å². The van der Waals surface area contributed by atoms with Crippen molar-refractivity contribution in [1.29, 1.82) is 0 Å². The van der Waals surface area contributed by atoms with Crippen LogP contribution in [0, 0.1) is 40.9 Å². The van der Waals surface area contributed by atoms with Crippen LogP contribution < -0.4 is 0 Å². The Morgan fingerprint density at radius 1 is 1.10 bits per heavy atom. The molecule has 0 aliphatic heterocycles. The van der Waals surface area contributed by atoms with Gasteiger partial charge in [-0.05, 0) is 79.4 Å². The van der Waals surface area contributed by atoms with E-state index in [9.17, 15) is 0 Å². The van der Waals surface area contributed by atoms with Crippen LogP contribution in [-0.2, 0) is 0 Å². The fourth-order valence-electron chi connectivity index (χ4n) is 6.66. The van der Waals surface area contributed by atoms with Gasteiger partial charge in [0.25, 0.3) is 0 Å². The van der Waals surface area contributed by atoms with Crippen LogP contribution >= 0.6 is 0 Å². The van der Waals surface area contributed by atoms with E-state index in [0.717, 1.165) is 35.5 Å². The number of allylic oxidation sites excluding steroid dienone is 1. The fourth-order valence-corrected chi connectivity index (χ4v) is 6.66. The summed E-state index contributed by atoms with van der Waals surface area (Å²) in [7, 11) is 0. The predicted molar refractivity (Wildman–Crippen MR) is 92.1 cm³/mol. The van der Waals surface area contributed by atoms with E-state index < -0.39 is 0 Å². The first-order valence-electron chi connectivity index (χ1n) is 9.76. The lowest BCUT2D eigenvalue weighted by Gasteiger charge is -2.59. The summed E-state index contributed by atoms with van der Waals surface area (Å²) >= 11 is 0. The molecule has 0 saturated heterocycles. The normalized spacial score (nSPS) is 46.8. The zero-order valence-corrected chi connectivity index (χ0v) is 14.6. The summed E-state index contributed by atoms with van der Waals surface area (Å²) in [6.07, 6.45) is 15.8. The van der Waals surface area contributed by atoms with Crippen molar-refractivity contribution < 1.29 is 0 Å². The maximum atomic E-state index is 4.40. The molecule has 3 aliphatic rings. The van der Waals surface area contributed by atoms with Crippen LogP contribution in [0.4, 0.5) is 0 Å². The molecule has 0 nitrogen and oxygen atoms in total. The molecule has 3 saturated carbocycles. The van der Waals surface area contributed by atoms with E-state index in [4.69, 9.17) is 0 Å². The number of hydrogen-bond donors (Lipinski definition) is 0. The number of rotatable bonds is 3. The first-order valence-corrected chi connectivity index (χ1v) is 9.76. The van der Waals surface area contributed by atoms with Crippen LogP contribution in [0.1, 0.15) is 78.6 Å². The molecule has 0 amide bonds. The predicted octanol–water partition coefficient (Wildman–Crippen LogP) is 6.47. The molecule has 0 N–H and O–H groups in total. The van der Waals surface area contributed by atoms with Crippen LogP contribution in [-0.4, -0.2) is 0 Å². The average Bonchev–Trinajstić information content (AvgIpc) is 2.53. The molecule has 3 rings (SSSR count). The third kappa shape index (κ3) is 2.51. The molecule has 0 bridgehead atoms. The molecule has 0 spiro atoms. The topological polar surface area (TPSA) is 0 Å². The molecule has 21 heavy (non-hydrogen) atoms. The summed E-state index contributed by atoms with van der Waals surface area (Å²) in [5.41, 5.74) is 0.504. The van der Waals surface area contributed by atoms with Crippen LogP contribution in [0.3, 0.4) is 0 Å². The summed E-state index contributed by atoms with van der Waals surface area (Å²) < 4.78 is 0. The molecule has 6 unspecified atom stereocenters. The smallest absolute Gasteiger partial charge is 0.00590 e. The summed E-state index contributed by atoms with van der Waals surface area (Å²) in [6, 6.07) is 0. The Labute approximate surface area is 132 Å². The van der Waals surface area contributed by atoms with E-state index in [-0.39, 0.29) is 0 Å². The Morgan fingerprint density at radius 3 is 2.52 bits per heavy atom. The molecule has 0 aromatic rings. The summed E-state index contributed by atoms with van der Waals surface area (Å²) in [6.45, 7) is 11.7. The lowest BCUT2D eigenvalue weighted by molar-refractivity contribution is -0.0789. The Bertz CT molecular complexity index is 368. The molecule has 3 aliphatic carbocycles. The van der Waals surface area contributed by atoms with Crippen molar-refractivity contribution in [3.63, 3.8) is 0 Å². The van der Waals surface area contributed by atoms with Gasteiger partial charge in [-0.2, -0.15) is 0 Å². The van der Waals surface area contributed by atoms with E-state index in [0.29, 0.717) is 5.41 Å².